The second-order valence-corrected chi connectivity index (χ2v) is 5.09. The molecule has 0 fully saturated rings. The van der Waals surface area contributed by atoms with Crippen LogP contribution in [0.15, 0.2) is 42.5 Å². The van der Waals surface area contributed by atoms with E-state index in [9.17, 15) is 9.50 Å². The predicted octanol–water partition coefficient (Wildman–Crippen LogP) is 3.95. The molecule has 4 heteroatoms. The normalized spacial score (nSPS) is 13.7. The fraction of sp³-hybridized carbons (Fsp3) is 0.294. The Labute approximate surface area is 124 Å². The van der Waals surface area contributed by atoms with Gasteiger partial charge in [-0.15, -0.1) is 0 Å². The number of aromatic hydroxyl groups is 1. The number of ether oxygens (including phenoxy) is 1. The minimum atomic E-state index is -0.249. The number of halogens is 1. The van der Waals surface area contributed by atoms with Crippen molar-refractivity contribution < 1.29 is 14.2 Å². The Balaban J connectivity index is 2.12. The Morgan fingerprint density at radius 2 is 1.86 bits per heavy atom. The van der Waals surface area contributed by atoms with E-state index in [0.29, 0.717) is 5.75 Å². The molecule has 112 valence electrons. The van der Waals surface area contributed by atoms with Crippen molar-refractivity contribution in [2.45, 2.75) is 25.9 Å². The topological polar surface area (TPSA) is 41.5 Å². The molecule has 0 saturated carbocycles. The monoisotopic (exact) mass is 289 g/mol. The van der Waals surface area contributed by atoms with Crippen molar-refractivity contribution in [2.24, 2.45) is 0 Å². The maximum atomic E-state index is 13.3. The van der Waals surface area contributed by atoms with E-state index >= 15 is 0 Å². The average molecular weight is 289 g/mol. The largest absolute Gasteiger partial charge is 0.507 e. The van der Waals surface area contributed by atoms with Gasteiger partial charge in [-0.1, -0.05) is 18.2 Å². The van der Waals surface area contributed by atoms with Gasteiger partial charge in [0.05, 0.1) is 7.11 Å². The number of benzene rings is 2. The molecule has 0 heterocycles. The lowest BCUT2D eigenvalue weighted by Gasteiger charge is -2.21. The highest BCUT2D eigenvalue weighted by molar-refractivity contribution is 5.41. The van der Waals surface area contributed by atoms with E-state index in [-0.39, 0.29) is 23.7 Å². The van der Waals surface area contributed by atoms with Crippen LogP contribution in [0.4, 0.5) is 4.39 Å². The Kier molecular flexibility index (Phi) is 4.81. The van der Waals surface area contributed by atoms with Gasteiger partial charge in [0.1, 0.15) is 17.3 Å². The number of rotatable bonds is 5. The molecule has 0 spiro atoms. The second kappa shape index (κ2) is 6.59. The molecule has 0 radical (unpaired) electrons. The summed E-state index contributed by atoms with van der Waals surface area (Å²) in [6.07, 6.45) is 0. The molecular formula is C17H20FNO2. The van der Waals surface area contributed by atoms with Crippen LogP contribution in [0.1, 0.15) is 37.1 Å². The van der Waals surface area contributed by atoms with E-state index in [0.717, 1.165) is 11.1 Å². The number of hydrogen-bond donors (Lipinski definition) is 2. The first-order valence-corrected chi connectivity index (χ1v) is 6.89. The lowest BCUT2D eigenvalue weighted by Crippen LogP contribution is -2.22. The summed E-state index contributed by atoms with van der Waals surface area (Å²) in [4.78, 5) is 0. The van der Waals surface area contributed by atoms with Crippen molar-refractivity contribution in [1.29, 1.82) is 0 Å². The first-order valence-electron chi connectivity index (χ1n) is 6.89. The molecule has 0 aromatic heterocycles. The zero-order chi connectivity index (χ0) is 15.4. The van der Waals surface area contributed by atoms with Crippen molar-refractivity contribution in [3.8, 4) is 11.5 Å². The first kappa shape index (κ1) is 15.3. The van der Waals surface area contributed by atoms with Crippen LogP contribution >= 0.6 is 0 Å². The van der Waals surface area contributed by atoms with Gasteiger partial charge in [-0.05, 0) is 37.6 Å². The Hall–Kier alpha value is -2.07. The number of phenols is 1. The van der Waals surface area contributed by atoms with Crippen LogP contribution in [0.3, 0.4) is 0 Å². The van der Waals surface area contributed by atoms with E-state index in [1.807, 2.05) is 26.0 Å². The first-order chi connectivity index (χ1) is 10.0. The van der Waals surface area contributed by atoms with E-state index in [4.69, 9.17) is 4.74 Å². The predicted molar refractivity (Wildman–Crippen MR) is 81.0 cm³/mol. The van der Waals surface area contributed by atoms with Crippen molar-refractivity contribution >= 4 is 0 Å². The van der Waals surface area contributed by atoms with Crippen LogP contribution in [-0.2, 0) is 0 Å². The van der Waals surface area contributed by atoms with Crippen LogP contribution in [-0.4, -0.2) is 12.2 Å². The smallest absolute Gasteiger partial charge is 0.124 e. The Morgan fingerprint density at radius 1 is 1.10 bits per heavy atom. The maximum absolute atomic E-state index is 13.3. The standard InChI is InChI=1S/C17H20FNO2/c1-11(13-5-4-6-14(18)9-13)19-12(2)16-8-7-15(21-3)10-17(16)20/h4-12,19-20H,1-3H3/t11-,12?/m1/s1. The summed E-state index contributed by atoms with van der Waals surface area (Å²) in [7, 11) is 1.56. The minimum Gasteiger partial charge on any atom is -0.507 e. The van der Waals surface area contributed by atoms with Gasteiger partial charge in [-0.2, -0.15) is 0 Å². The van der Waals surface area contributed by atoms with Crippen LogP contribution in [0.2, 0.25) is 0 Å². The highest BCUT2D eigenvalue weighted by Gasteiger charge is 2.15. The van der Waals surface area contributed by atoms with Crippen LogP contribution in [0.25, 0.3) is 0 Å². The van der Waals surface area contributed by atoms with Crippen LogP contribution in [0.5, 0.6) is 11.5 Å². The van der Waals surface area contributed by atoms with Crippen molar-refractivity contribution in [3.63, 3.8) is 0 Å². The molecule has 0 aliphatic heterocycles. The van der Waals surface area contributed by atoms with Crippen LogP contribution in [0, 0.1) is 5.82 Å². The molecule has 21 heavy (non-hydrogen) atoms. The van der Waals surface area contributed by atoms with Crippen molar-refractivity contribution in [3.05, 3.63) is 59.4 Å². The van der Waals surface area contributed by atoms with E-state index in [1.54, 1.807) is 25.3 Å². The molecule has 0 saturated heterocycles. The second-order valence-electron chi connectivity index (χ2n) is 5.09. The summed E-state index contributed by atoms with van der Waals surface area (Å²) in [5, 5.41) is 13.4. The summed E-state index contributed by atoms with van der Waals surface area (Å²) in [6.45, 7) is 3.92. The fourth-order valence-corrected chi connectivity index (χ4v) is 2.35. The molecule has 2 aromatic rings. The summed E-state index contributed by atoms with van der Waals surface area (Å²) in [5.74, 6) is 0.545. The maximum Gasteiger partial charge on any atom is 0.124 e. The zero-order valence-corrected chi connectivity index (χ0v) is 12.4. The zero-order valence-electron chi connectivity index (χ0n) is 12.4. The van der Waals surface area contributed by atoms with Gasteiger partial charge < -0.3 is 15.2 Å². The number of phenolic OH excluding ortho intramolecular Hbond substituents is 1. The minimum absolute atomic E-state index is 0.0304. The fourth-order valence-electron chi connectivity index (χ4n) is 2.35. The number of methoxy groups -OCH3 is 1. The quantitative estimate of drug-likeness (QED) is 0.875. The summed E-state index contributed by atoms with van der Waals surface area (Å²) in [6, 6.07) is 11.6. The van der Waals surface area contributed by atoms with Gasteiger partial charge in [-0.3, -0.25) is 0 Å². The lowest BCUT2D eigenvalue weighted by atomic mass is 10.0. The molecule has 2 rings (SSSR count). The molecular weight excluding hydrogens is 269 g/mol. The van der Waals surface area contributed by atoms with Crippen molar-refractivity contribution in [2.75, 3.05) is 7.11 Å². The highest BCUT2D eigenvalue weighted by Crippen LogP contribution is 2.29. The van der Waals surface area contributed by atoms with E-state index in [2.05, 4.69) is 5.32 Å². The van der Waals surface area contributed by atoms with Crippen LogP contribution < -0.4 is 10.1 Å². The molecule has 1 unspecified atom stereocenters. The van der Waals surface area contributed by atoms with Gasteiger partial charge >= 0.3 is 0 Å². The Bertz CT molecular complexity index is 615. The van der Waals surface area contributed by atoms with E-state index in [1.165, 1.54) is 12.1 Å². The van der Waals surface area contributed by atoms with Gasteiger partial charge in [-0.25, -0.2) is 4.39 Å². The lowest BCUT2D eigenvalue weighted by molar-refractivity contribution is 0.402. The average Bonchev–Trinajstić information content (AvgIpc) is 2.46. The molecule has 2 N–H and O–H groups in total. The van der Waals surface area contributed by atoms with Gasteiger partial charge in [0.25, 0.3) is 0 Å². The summed E-state index contributed by atoms with van der Waals surface area (Å²) in [5.41, 5.74) is 1.65. The summed E-state index contributed by atoms with van der Waals surface area (Å²) < 4.78 is 18.3. The third kappa shape index (κ3) is 3.73. The number of nitrogens with one attached hydrogen (secondary N) is 1. The SMILES string of the molecule is COc1ccc(C(C)N[C@H](C)c2cccc(F)c2)c(O)c1. The molecule has 0 aliphatic carbocycles. The van der Waals surface area contributed by atoms with Gasteiger partial charge in [0.15, 0.2) is 0 Å². The molecule has 2 atom stereocenters. The highest BCUT2D eigenvalue weighted by atomic mass is 19.1. The molecule has 2 aromatic carbocycles. The Morgan fingerprint density at radius 3 is 2.48 bits per heavy atom. The molecule has 0 bridgehead atoms. The third-order valence-electron chi connectivity index (χ3n) is 3.55. The summed E-state index contributed by atoms with van der Waals surface area (Å²) >= 11 is 0. The molecule has 3 nitrogen and oxygen atoms in total. The van der Waals surface area contributed by atoms with Gasteiger partial charge in [0.2, 0.25) is 0 Å². The van der Waals surface area contributed by atoms with Gasteiger partial charge in [0, 0.05) is 23.7 Å². The number of hydrogen-bond acceptors (Lipinski definition) is 3. The molecule has 0 aliphatic rings. The van der Waals surface area contributed by atoms with Crippen molar-refractivity contribution in [1.82, 2.24) is 5.32 Å². The van der Waals surface area contributed by atoms with E-state index < -0.39 is 0 Å². The third-order valence-corrected chi connectivity index (χ3v) is 3.55. The molecule has 0 amide bonds.